The molecule has 0 aliphatic rings. The monoisotopic (exact) mass is 265 g/mol. The zero-order valence-corrected chi connectivity index (χ0v) is 13.0. The summed E-state index contributed by atoms with van der Waals surface area (Å²) in [5, 5.41) is 3.45. The predicted octanol–water partition coefficient (Wildman–Crippen LogP) is 3.69. The fourth-order valence-electron chi connectivity index (χ4n) is 2.49. The van der Waals surface area contributed by atoms with Gasteiger partial charge in [0.2, 0.25) is 5.88 Å². The molecule has 1 aromatic rings. The summed E-state index contributed by atoms with van der Waals surface area (Å²) in [4.78, 5) is 4.42. The van der Waals surface area contributed by atoms with Crippen LogP contribution >= 0.6 is 0 Å². The van der Waals surface area contributed by atoms with Gasteiger partial charge in [0.25, 0.3) is 0 Å². The summed E-state index contributed by atoms with van der Waals surface area (Å²) >= 11 is 0. The van der Waals surface area contributed by atoms with Crippen LogP contribution < -0.4 is 15.8 Å². The normalized spacial score (nSPS) is 12.3. The van der Waals surface area contributed by atoms with Crippen LogP contribution in [0.15, 0.2) is 12.1 Å². The quantitative estimate of drug-likeness (QED) is 0.852. The van der Waals surface area contributed by atoms with Crippen molar-refractivity contribution in [3.63, 3.8) is 0 Å². The van der Waals surface area contributed by atoms with E-state index in [0.717, 1.165) is 12.2 Å². The van der Waals surface area contributed by atoms with Crippen molar-refractivity contribution in [3.05, 3.63) is 12.1 Å². The van der Waals surface area contributed by atoms with Crippen molar-refractivity contribution in [1.82, 2.24) is 4.98 Å². The number of aromatic nitrogens is 1. The van der Waals surface area contributed by atoms with E-state index in [0.29, 0.717) is 18.2 Å². The molecule has 0 radical (unpaired) electrons. The molecule has 4 heteroatoms. The van der Waals surface area contributed by atoms with Crippen LogP contribution in [0.3, 0.4) is 0 Å². The van der Waals surface area contributed by atoms with E-state index in [-0.39, 0.29) is 11.0 Å². The fraction of sp³-hybridized carbons (Fsp3) is 0.667. The van der Waals surface area contributed by atoms with E-state index in [1.807, 2.05) is 19.1 Å². The van der Waals surface area contributed by atoms with Crippen molar-refractivity contribution in [1.29, 1.82) is 0 Å². The lowest BCUT2D eigenvalue weighted by atomic mass is 9.82. The number of hydrogen-bond donors (Lipinski definition) is 2. The Kier molecular flexibility index (Phi) is 4.66. The molecule has 1 rings (SSSR count). The van der Waals surface area contributed by atoms with E-state index in [9.17, 15) is 0 Å². The summed E-state index contributed by atoms with van der Waals surface area (Å²) in [5.41, 5.74) is 6.62. The van der Waals surface area contributed by atoms with Gasteiger partial charge in [-0.2, -0.15) is 4.98 Å². The largest absolute Gasteiger partial charge is 0.476 e. The second kappa shape index (κ2) is 5.68. The van der Waals surface area contributed by atoms with Gasteiger partial charge in [0, 0.05) is 5.54 Å². The highest BCUT2D eigenvalue weighted by molar-refractivity contribution is 5.54. The minimum Gasteiger partial charge on any atom is -0.476 e. The van der Waals surface area contributed by atoms with Gasteiger partial charge in [0.15, 0.2) is 0 Å². The molecule has 0 amide bonds. The molecular weight excluding hydrogens is 238 g/mol. The van der Waals surface area contributed by atoms with Gasteiger partial charge in [-0.3, -0.25) is 0 Å². The first-order chi connectivity index (χ1) is 8.63. The van der Waals surface area contributed by atoms with Crippen molar-refractivity contribution in [3.8, 4) is 5.88 Å². The maximum Gasteiger partial charge on any atom is 0.239 e. The number of nitrogens with one attached hydrogen (secondary N) is 1. The Morgan fingerprint density at radius 3 is 2.37 bits per heavy atom. The molecule has 0 bridgehead atoms. The molecule has 3 N–H and O–H groups in total. The minimum absolute atomic E-state index is 0.0369. The molecule has 0 unspecified atom stereocenters. The standard InChI is InChI=1S/C15H27N3O/c1-7-19-13-11(16)8-9-12(17-13)18-15(5,6)10-14(2,3)4/h8-9H,7,10,16H2,1-6H3,(H,17,18). The zero-order chi connectivity index (χ0) is 14.7. The highest BCUT2D eigenvalue weighted by Crippen LogP contribution is 2.30. The Balaban J connectivity index is 2.84. The van der Waals surface area contributed by atoms with Crippen LogP contribution in [0, 0.1) is 5.41 Å². The molecule has 1 heterocycles. The molecule has 0 aromatic carbocycles. The van der Waals surface area contributed by atoms with Crippen molar-refractivity contribution >= 4 is 11.5 Å². The van der Waals surface area contributed by atoms with Gasteiger partial charge in [-0.05, 0) is 44.7 Å². The number of nitrogens with zero attached hydrogens (tertiary/aromatic N) is 1. The first-order valence-corrected chi connectivity index (χ1v) is 6.80. The zero-order valence-electron chi connectivity index (χ0n) is 13.0. The Morgan fingerprint density at radius 1 is 1.21 bits per heavy atom. The van der Waals surface area contributed by atoms with Crippen LogP contribution in [0.2, 0.25) is 0 Å². The Morgan fingerprint density at radius 2 is 1.84 bits per heavy atom. The maximum absolute atomic E-state index is 5.83. The van der Waals surface area contributed by atoms with Gasteiger partial charge >= 0.3 is 0 Å². The first-order valence-electron chi connectivity index (χ1n) is 6.80. The van der Waals surface area contributed by atoms with Crippen LogP contribution in [0.25, 0.3) is 0 Å². The fourth-order valence-corrected chi connectivity index (χ4v) is 2.49. The summed E-state index contributed by atoms with van der Waals surface area (Å²) in [5.74, 6) is 1.30. The molecule has 0 saturated heterocycles. The lowest BCUT2D eigenvalue weighted by Crippen LogP contribution is -2.35. The molecule has 0 spiro atoms. The van der Waals surface area contributed by atoms with Gasteiger partial charge in [0.05, 0.1) is 12.3 Å². The average molecular weight is 265 g/mol. The molecule has 1 aromatic heterocycles. The minimum atomic E-state index is -0.0369. The van der Waals surface area contributed by atoms with Crippen LogP contribution in [-0.2, 0) is 0 Å². The molecule has 0 fully saturated rings. The number of ether oxygens (including phenoxy) is 1. The van der Waals surface area contributed by atoms with Crippen molar-refractivity contribution < 1.29 is 4.74 Å². The van der Waals surface area contributed by atoms with Crippen LogP contribution in [0.5, 0.6) is 5.88 Å². The third-order valence-corrected chi connectivity index (χ3v) is 2.61. The molecule has 19 heavy (non-hydrogen) atoms. The van der Waals surface area contributed by atoms with Gasteiger partial charge in [-0.1, -0.05) is 20.8 Å². The van der Waals surface area contributed by atoms with Gasteiger partial charge in [-0.25, -0.2) is 0 Å². The average Bonchev–Trinajstić information content (AvgIpc) is 2.19. The lowest BCUT2D eigenvalue weighted by Gasteiger charge is -2.33. The SMILES string of the molecule is CCOc1nc(NC(C)(C)CC(C)(C)C)ccc1N. The van der Waals surface area contributed by atoms with Crippen LogP contribution in [0.1, 0.15) is 48.0 Å². The highest BCUT2D eigenvalue weighted by Gasteiger charge is 2.25. The van der Waals surface area contributed by atoms with Crippen LogP contribution in [-0.4, -0.2) is 17.1 Å². The number of hydrogen-bond acceptors (Lipinski definition) is 4. The Bertz CT molecular complexity index is 422. The van der Waals surface area contributed by atoms with Gasteiger partial charge in [0.1, 0.15) is 5.82 Å². The van der Waals surface area contributed by atoms with E-state index in [4.69, 9.17) is 10.5 Å². The number of nitrogens with two attached hydrogens (primary N) is 1. The van der Waals surface area contributed by atoms with E-state index in [1.54, 1.807) is 0 Å². The topological polar surface area (TPSA) is 60.2 Å². The van der Waals surface area contributed by atoms with E-state index in [2.05, 4.69) is 44.9 Å². The van der Waals surface area contributed by atoms with E-state index < -0.39 is 0 Å². The van der Waals surface area contributed by atoms with Crippen molar-refractivity contribution in [2.45, 2.75) is 53.5 Å². The van der Waals surface area contributed by atoms with Crippen LogP contribution in [0.4, 0.5) is 11.5 Å². The third kappa shape index (κ3) is 5.37. The summed E-state index contributed by atoms with van der Waals surface area (Å²) in [6, 6.07) is 3.72. The van der Waals surface area contributed by atoms with E-state index >= 15 is 0 Å². The van der Waals surface area contributed by atoms with E-state index in [1.165, 1.54) is 0 Å². The summed E-state index contributed by atoms with van der Waals surface area (Å²) < 4.78 is 5.42. The predicted molar refractivity (Wildman–Crippen MR) is 81.6 cm³/mol. The second-order valence-corrected chi connectivity index (χ2v) is 6.77. The molecule has 0 aliphatic carbocycles. The Hall–Kier alpha value is -1.45. The summed E-state index contributed by atoms with van der Waals surface area (Å²) in [7, 11) is 0. The number of rotatable bonds is 5. The third-order valence-electron chi connectivity index (χ3n) is 2.61. The number of anilines is 2. The Labute approximate surface area is 116 Å². The number of nitrogen functional groups attached to an aromatic ring is 1. The molecule has 0 atom stereocenters. The molecule has 0 saturated carbocycles. The molecule has 0 aliphatic heterocycles. The van der Waals surface area contributed by atoms with Crippen molar-refractivity contribution in [2.24, 2.45) is 5.41 Å². The second-order valence-electron chi connectivity index (χ2n) is 6.77. The van der Waals surface area contributed by atoms with Gasteiger partial charge in [-0.15, -0.1) is 0 Å². The summed E-state index contributed by atoms with van der Waals surface area (Å²) in [6.45, 7) is 13.5. The smallest absolute Gasteiger partial charge is 0.239 e. The molecule has 4 nitrogen and oxygen atoms in total. The molecule has 108 valence electrons. The van der Waals surface area contributed by atoms with Gasteiger partial charge < -0.3 is 15.8 Å². The number of pyridine rings is 1. The lowest BCUT2D eigenvalue weighted by molar-refractivity contribution is 0.301. The van der Waals surface area contributed by atoms with Crippen molar-refractivity contribution in [2.75, 3.05) is 17.7 Å². The maximum atomic E-state index is 5.83. The first kappa shape index (κ1) is 15.6. The summed E-state index contributed by atoms with van der Waals surface area (Å²) in [6.07, 6.45) is 1.04. The highest BCUT2D eigenvalue weighted by atomic mass is 16.5. The molecular formula is C15H27N3O.